The zero-order chi connectivity index (χ0) is 11.1. The first-order chi connectivity index (χ1) is 7.33. The second-order valence-corrected chi connectivity index (χ2v) is 4.09. The smallest absolute Gasteiger partial charge is 0.0803 e. The van der Waals surface area contributed by atoms with Crippen LogP contribution in [0, 0.1) is 11.8 Å². The first kappa shape index (κ1) is 12.2. The maximum atomic E-state index is 4.16. The fraction of sp³-hybridized carbons (Fsp3) is 0.636. The lowest BCUT2D eigenvalue weighted by Crippen LogP contribution is -2.16. The SMILES string of the molecule is CC#CCC(NC)c1snnc1CCC. The highest BCUT2D eigenvalue weighted by Gasteiger charge is 2.16. The van der Waals surface area contributed by atoms with Crippen molar-refractivity contribution in [2.75, 3.05) is 7.05 Å². The van der Waals surface area contributed by atoms with Gasteiger partial charge in [0.25, 0.3) is 0 Å². The summed E-state index contributed by atoms with van der Waals surface area (Å²) >= 11 is 1.48. The van der Waals surface area contributed by atoms with E-state index in [0.717, 1.165) is 25.0 Å². The molecule has 1 rings (SSSR count). The number of aryl methyl sites for hydroxylation is 1. The van der Waals surface area contributed by atoms with Crippen LogP contribution in [0.15, 0.2) is 0 Å². The van der Waals surface area contributed by atoms with Crippen LogP contribution >= 0.6 is 11.5 Å². The summed E-state index contributed by atoms with van der Waals surface area (Å²) in [5.41, 5.74) is 1.12. The number of nitrogens with zero attached hydrogens (tertiary/aromatic N) is 2. The van der Waals surface area contributed by atoms with Gasteiger partial charge in [0.1, 0.15) is 0 Å². The molecule has 1 unspecified atom stereocenters. The second-order valence-electron chi connectivity index (χ2n) is 3.31. The van der Waals surface area contributed by atoms with Crippen LogP contribution in [-0.4, -0.2) is 16.6 Å². The summed E-state index contributed by atoms with van der Waals surface area (Å²) in [6, 6.07) is 0.277. The lowest BCUT2D eigenvalue weighted by atomic mass is 10.1. The third-order valence-electron chi connectivity index (χ3n) is 2.22. The third kappa shape index (κ3) is 3.29. The van der Waals surface area contributed by atoms with Crippen LogP contribution in [0.2, 0.25) is 0 Å². The van der Waals surface area contributed by atoms with E-state index in [4.69, 9.17) is 0 Å². The lowest BCUT2D eigenvalue weighted by molar-refractivity contribution is 0.612. The van der Waals surface area contributed by atoms with Gasteiger partial charge in [-0.1, -0.05) is 17.8 Å². The van der Waals surface area contributed by atoms with Crippen molar-refractivity contribution in [1.29, 1.82) is 0 Å². The first-order valence-electron chi connectivity index (χ1n) is 5.21. The minimum atomic E-state index is 0.277. The van der Waals surface area contributed by atoms with Gasteiger partial charge in [-0.25, -0.2) is 0 Å². The zero-order valence-electron chi connectivity index (χ0n) is 9.50. The van der Waals surface area contributed by atoms with E-state index >= 15 is 0 Å². The fourth-order valence-electron chi connectivity index (χ4n) is 1.42. The normalized spacial score (nSPS) is 11.9. The fourth-order valence-corrected chi connectivity index (χ4v) is 2.22. The summed E-state index contributed by atoms with van der Waals surface area (Å²) in [5.74, 6) is 6.02. The summed E-state index contributed by atoms with van der Waals surface area (Å²) < 4.78 is 4.02. The van der Waals surface area contributed by atoms with E-state index in [-0.39, 0.29) is 6.04 Å². The number of nitrogens with one attached hydrogen (secondary N) is 1. The summed E-state index contributed by atoms with van der Waals surface area (Å²) in [6.07, 6.45) is 2.94. The standard InChI is InChI=1S/C11H17N3S/c1-4-6-8-9(12-3)11-10(7-5-2)13-14-15-11/h9,12H,5,7-8H2,1-3H3. The molecule has 0 aliphatic heterocycles. The third-order valence-corrected chi connectivity index (χ3v) is 3.10. The van der Waals surface area contributed by atoms with Gasteiger partial charge < -0.3 is 5.32 Å². The van der Waals surface area contributed by atoms with Crippen LogP contribution in [0.5, 0.6) is 0 Å². The lowest BCUT2D eigenvalue weighted by Gasteiger charge is -2.11. The van der Waals surface area contributed by atoms with Crippen molar-refractivity contribution in [3.63, 3.8) is 0 Å². The Balaban J connectivity index is 2.79. The average molecular weight is 223 g/mol. The van der Waals surface area contributed by atoms with Crippen LogP contribution in [0.3, 0.4) is 0 Å². The van der Waals surface area contributed by atoms with Crippen molar-refractivity contribution in [2.24, 2.45) is 0 Å². The Morgan fingerprint density at radius 1 is 1.53 bits per heavy atom. The van der Waals surface area contributed by atoms with Crippen LogP contribution in [0.1, 0.15) is 43.3 Å². The van der Waals surface area contributed by atoms with E-state index in [1.54, 1.807) is 0 Å². The molecule has 1 atom stereocenters. The molecule has 0 saturated heterocycles. The number of hydrogen-bond acceptors (Lipinski definition) is 4. The molecule has 1 N–H and O–H groups in total. The van der Waals surface area contributed by atoms with E-state index in [0.29, 0.717) is 0 Å². The summed E-state index contributed by atoms with van der Waals surface area (Å²) in [6.45, 7) is 4.02. The average Bonchev–Trinajstić information content (AvgIpc) is 2.68. The molecule has 0 saturated carbocycles. The molecule has 0 radical (unpaired) electrons. The van der Waals surface area contributed by atoms with E-state index in [1.807, 2.05) is 14.0 Å². The molecule has 1 aromatic heterocycles. The molecule has 4 heteroatoms. The van der Waals surface area contributed by atoms with Gasteiger partial charge in [-0.3, -0.25) is 0 Å². The number of aromatic nitrogens is 2. The largest absolute Gasteiger partial charge is 0.311 e. The van der Waals surface area contributed by atoms with Crippen LogP contribution in [0.25, 0.3) is 0 Å². The molecule has 15 heavy (non-hydrogen) atoms. The Kier molecular flexibility index (Phi) is 5.30. The zero-order valence-corrected chi connectivity index (χ0v) is 10.3. The van der Waals surface area contributed by atoms with E-state index in [9.17, 15) is 0 Å². The minimum absolute atomic E-state index is 0.277. The van der Waals surface area contributed by atoms with Crippen LogP contribution in [0.4, 0.5) is 0 Å². The van der Waals surface area contributed by atoms with Crippen molar-refractivity contribution in [3.8, 4) is 11.8 Å². The highest BCUT2D eigenvalue weighted by atomic mass is 32.1. The predicted molar refractivity (Wildman–Crippen MR) is 63.8 cm³/mol. The van der Waals surface area contributed by atoms with Gasteiger partial charge in [0, 0.05) is 6.42 Å². The van der Waals surface area contributed by atoms with E-state index < -0.39 is 0 Å². The second kappa shape index (κ2) is 6.54. The molecule has 0 fully saturated rings. The van der Waals surface area contributed by atoms with Gasteiger partial charge in [0.15, 0.2) is 0 Å². The molecule has 3 nitrogen and oxygen atoms in total. The number of hydrogen-bond donors (Lipinski definition) is 1. The Hall–Kier alpha value is -0.920. The summed E-state index contributed by atoms with van der Waals surface area (Å²) in [4.78, 5) is 1.24. The van der Waals surface area contributed by atoms with Gasteiger partial charge in [-0.2, -0.15) is 0 Å². The van der Waals surface area contributed by atoms with Crippen molar-refractivity contribution in [2.45, 2.75) is 39.2 Å². The maximum absolute atomic E-state index is 4.16. The molecular formula is C11H17N3S. The molecule has 0 amide bonds. The van der Waals surface area contributed by atoms with Gasteiger partial charge in [0.05, 0.1) is 16.6 Å². The van der Waals surface area contributed by atoms with Crippen molar-refractivity contribution in [1.82, 2.24) is 14.9 Å². The molecule has 0 aromatic carbocycles. The predicted octanol–water partition coefficient (Wildman–Crippen LogP) is 2.16. The topological polar surface area (TPSA) is 37.8 Å². The maximum Gasteiger partial charge on any atom is 0.0803 e. The Morgan fingerprint density at radius 2 is 2.33 bits per heavy atom. The quantitative estimate of drug-likeness (QED) is 0.777. The highest BCUT2D eigenvalue weighted by molar-refractivity contribution is 7.05. The number of rotatable bonds is 5. The Morgan fingerprint density at radius 3 is 2.93 bits per heavy atom. The van der Waals surface area contributed by atoms with Crippen molar-refractivity contribution in [3.05, 3.63) is 10.6 Å². The molecule has 0 aliphatic carbocycles. The Bertz CT molecular complexity index is 348. The minimum Gasteiger partial charge on any atom is -0.311 e. The monoisotopic (exact) mass is 223 g/mol. The molecule has 0 spiro atoms. The molecule has 82 valence electrons. The Labute approximate surface area is 95.5 Å². The van der Waals surface area contributed by atoms with E-state index in [2.05, 4.69) is 33.7 Å². The van der Waals surface area contributed by atoms with Crippen molar-refractivity contribution < 1.29 is 0 Å². The molecule has 1 aromatic rings. The molecule has 1 heterocycles. The summed E-state index contributed by atoms with van der Waals surface area (Å²) in [7, 11) is 1.96. The van der Waals surface area contributed by atoms with Crippen LogP contribution in [-0.2, 0) is 6.42 Å². The van der Waals surface area contributed by atoms with Crippen molar-refractivity contribution >= 4 is 11.5 Å². The van der Waals surface area contributed by atoms with E-state index in [1.165, 1.54) is 16.4 Å². The molecule has 0 bridgehead atoms. The van der Waals surface area contributed by atoms with Gasteiger partial charge >= 0.3 is 0 Å². The highest BCUT2D eigenvalue weighted by Crippen LogP contribution is 2.23. The first-order valence-corrected chi connectivity index (χ1v) is 5.98. The van der Waals surface area contributed by atoms with Gasteiger partial charge in [0.2, 0.25) is 0 Å². The summed E-state index contributed by atoms with van der Waals surface area (Å²) in [5, 5.41) is 7.43. The van der Waals surface area contributed by atoms with Gasteiger partial charge in [-0.15, -0.1) is 16.9 Å². The molecule has 0 aliphatic rings. The molecular weight excluding hydrogens is 206 g/mol. The van der Waals surface area contributed by atoms with Crippen LogP contribution < -0.4 is 5.32 Å². The van der Waals surface area contributed by atoms with Gasteiger partial charge in [-0.05, 0) is 31.9 Å².